The van der Waals surface area contributed by atoms with Gasteiger partial charge in [-0.3, -0.25) is 4.79 Å². The molecule has 4 heteroatoms. The summed E-state index contributed by atoms with van der Waals surface area (Å²) in [6.07, 6.45) is 0.335. The molecular formula is C18H21NO3. The average Bonchev–Trinajstić information content (AvgIpc) is 2.43. The van der Waals surface area contributed by atoms with Gasteiger partial charge in [-0.1, -0.05) is 42.5 Å². The normalized spacial score (nSPS) is 13.2. The highest BCUT2D eigenvalue weighted by atomic mass is 16.6. The summed E-state index contributed by atoms with van der Waals surface area (Å²) in [6.45, 7) is 3.39. The Morgan fingerprint density at radius 3 is 2.05 bits per heavy atom. The molecule has 116 valence electrons. The molecule has 0 aromatic heterocycles. The zero-order valence-electron chi connectivity index (χ0n) is 12.9. The molecule has 22 heavy (non-hydrogen) atoms. The molecule has 2 N–H and O–H groups in total. The maximum absolute atomic E-state index is 10.7. The molecule has 2 aliphatic rings. The van der Waals surface area contributed by atoms with Crippen molar-refractivity contribution in [2.24, 2.45) is 0 Å². The van der Waals surface area contributed by atoms with Crippen molar-refractivity contribution in [3.63, 3.8) is 0 Å². The second kappa shape index (κ2) is 7.09. The summed E-state index contributed by atoms with van der Waals surface area (Å²) in [7, 11) is 0. The molecule has 3 rings (SSSR count). The van der Waals surface area contributed by atoms with Crippen LogP contribution in [0.5, 0.6) is 5.75 Å². The first-order chi connectivity index (χ1) is 10.5. The van der Waals surface area contributed by atoms with Crippen molar-refractivity contribution >= 4 is 5.91 Å². The maximum atomic E-state index is 10.7. The Hall–Kier alpha value is -2.33. The van der Waals surface area contributed by atoms with Crippen LogP contribution in [0.25, 0.3) is 0 Å². The van der Waals surface area contributed by atoms with Gasteiger partial charge in [-0.25, -0.2) is 0 Å². The van der Waals surface area contributed by atoms with Crippen molar-refractivity contribution < 1.29 is 14.6 Å². The highest BCUT2D eigenvalue weighted by Crippen LogP contribution is 2.18. The molecule has 1 amide bonds. The number of amides is 1. The summed E-state index contributed by atoms with van der Waals surface area (Å²) in [4.78, 5) is 10.7. The SMILES string of the molecule is CC(=O)NCCC(C)(O)Oc1ccccc1.c1cc2ccc1=2. The highest BCUT2D eigenvalue weighted by molar-refractivity contribution is 5.72. The lowest BCUT2D eigenvalue weighted by atomic mass is 10.1. The van der Waals surface area contributed by atoms with E-state index in [1.54, 1.807) is 19.1 Å². The van der Waals surface area contributed by atoms with Crippen LogP contribution in [0.15, 0.2) is 54.6 Å². The molecule has 0 radical (unpaired) electrons. The Kier molecular flexibility index (Phi) is 5.17. The van der Waals surface area contributed by atoms with Gasteiger partial charge in [0.15, 0.2) is 0 Å². The number of para-hydroxylation sites is 1. The number of hydrogen-bond acceptors (Lipinski definition) is 3. The molecule has 0 saturated heterocycles. The molecule has 1 aromatic carbocycles. The molecule has 0 spiro atoms. The van der Waals surface area contributed by atoms with Gasteiger partial charge in [-0.15, -0.1) is 0 Å². The minimum atomic E-state index is -1.27. The fourth-order valence-corrected chi connectivity index (χ4v) is 1.93. The average molecular weight is 299 g/mol. The van der Waals surface area contributed by atoms with Crippen molar-refractivity contribution in [3.05, 3.63) is 65.0 Å². The Balaban J connectivity index is 0.000000238. The van der Waals surface area contributed by atoms with Crippen molar-refractivity contribution in [2.45, 2.75) is 26.1 Å². The largest absolute Gasteiger partial charge is 0.463 e. The number of benzene rings is 2. The summed E-state index contributed by atoms with van der Waals surface area (Å²) in [6, 6.07) is 17.6. The van der Waals surface area contributed by atoms with E-state index in [2.05, 4.69) is 29.6 Å². The van der Waals surface area contributed by atoms with Gasteiger partial charge in [0.05, 0.1) is 0 Å². The standard InChI is InChI=1S/C12H17NO3.C6H4/c1-10(14)13-9-8-12(2,15)16-11-6-4-3-5-7-11;1-2-6-4-3-5(1)6/h3-7,15H,8-9H2,1-2H3,(H,13,14);1-4H. The lowest BCUT2D eigenvalue weighted by molar-refractivity contribution is -0.128. The van der Waals surface area contributed by atoms with E-state index < -0.39 is 5.79 Å². The lowest BCUT2D eigenvalue weighted by Crippen LogP contribution is -2.36. The van der Waals surface area contributed by atoms with Crippen LogP contribution < -0.4 is 10.1 Å². The van der Waals surface area contributed by atoms with E-state index in [9.17, 15) is 9.90 Å². The molecule has 4 nitrogen and oxygen atoms in total. The Labute approximate surface area is 130 Å². The van der Waals surface area contributed by atoms with E-state index in [0.29, 0.717) is 18.7 Å². The third-order valence-corrected chi connectivity index (χ3v) is 3.26. The summed E-state index contributed by atoms with van der Waals surface area (Å²) >= 11 is 0. The van der Waals surface area contributed by atoms with Crippen molar-refractivity contribution in [1.29, 1.82) is 0 Å². The van der Waals surface area contributed by atoms with Crippen molar-refractivity contribution in [1.82, 2.24) is 5.32 Å². The van der Waals surface area contributed by atoms with Crippen LogP contribution in [-0.2, 0) is 4.79 Å². The first-order valence-electron chi connectivity index (χ1n) is 7.28. The van der Waals surface area contributed by atoms with Gasteiger partial charge in [0.2, 0.25) is 11.7 Å². The zero-order chi connectivity index (χ0) is 16.0. The smallest absolute Gasteiger partial charge is 0.216 e. The number of nitrogens with one attached hydrogen (secondary N) is 1. The number of rotatable bonds is 5. The molecule has 1 atom stereocenters. The van der Waals surface area contributed by atoms with Crippen LogP contribution in [0.1, 0.15) is 20.3 Å². The van der Waals surface area contributed by atoms with Gasteiger partial charge in [0.25, 0.3) is 0 Å². The highest BCUT2D eigenvalue weighted by Gasteiger charge is 2.21. The molecule has 1 unspecified atom stereocenters. The minimum absolute atomic E-state index is 0.115. The van der Waals surface area contributed by atoms with Gasteiger partial charge < -0.3 is 15.2 Å². The van der Waals surface area contributed by atoms with Crippen LogP contribution in [0.2, 0.25) is 0 Å². The first-order valence-corrected chi connectivity index (χ1v) is 7.28. The Morgan fingerprint density at radius 1 is 1.09 bits per heavy atom. The number of hydrogen-bond donors (Lipinski definition) is 2. The van der Waals surface area contributed by atoms with Crippen LogP contribution in [-0.4, -0.2) is 23.3 Å². The van der Waals surface area contributed by atoms with Gasteiger partial charge in [0.1, 0.15) is 5.75 Å². The number of aliphatic hydroxyl groups is 1. The van der Waals surface area contributed by atoms with E-state index in [1.807, 2.05) is 18.2 Å². The molecule has 0 heterocycles. The van der Waals surface area contributed by atoms with Gasteiger partial charge in [-0.2, -0.15) is 0 Å². The summed E-state index contributed by atoms with van der Waals surface area (Å²) < 4.78 is 5.39. The molecule has 0 aliphatic heterocycles. The van der Waals surface area contributed by atoms with Crippen LogP contribution in [0, 0.1) is 10.4 Å². The Bertz CT molecular complexity index is 660. The summed E-state index contributed by atoms with van der Waals surface area (Å²) in [5.41, 5.74) is 0. The fraction of sp³-hybridized carbons (Fsp3) is 0.278. The van der Waals surface area contributed by atoms with Crippen LogP contribution in [0.4, 0.5) is 0 Å². The predicted molar refractivity (Wildman–Crippen MR) is 85.1 cm³/mol. The first kappa shape index (κ1) is 16.0. The molecule has 0 fully saturated rings. The second-order valence-electron chi connectivity index (χ2n) is 5.40. The topological polar surface area (TPSA) is 58.6 Å². The van der Waals surface area contributed by atoms with Gasteiger partial charge in [0, 0.05) is 26.8 Å². The lowest BCUT2D eigenvalue weighted by Gasteiger charge is -2.24. The molecule has 0 bridgehead atoms. The van der Waals surface area contributed by atoms with E-state index in [4.69, 9.17) is 4.74 Å². The van der Waals surface area contributed by atoms with Crippen LogP contribution in [0.3, 0.4) is 0 Å². The molecule has 2 aliphatic carbocycles. The second-order valence-corrected chi connectivity index (χ2v) is 5.40. The monoisotopic (exact) mass is 299 g/mol. The zero-order valence-corrected chi connectivity index (χ0v) is 12.9. The summed E-state index contributed by atoms with van der Waals surface area (Å²) in [5, 5.41) is 15.4. The quantitative estimate of drug-likeness (QED) is 0.712. The molecular weight excluding hydrogens is 278 g/mol. The van der Waals surface area contributed by atoms with E-state index >= 15 is 0 Å². The summed E-state index contributed by atoms with van der Waals surface area (Å²) in [5.74, 6) is -0.782. The van der Waals surface area contributed by atoms with E-state index in [1.165, 1.54) is 17.4 Å². The van der Waals surface area contributed by atoms with Gasteiger partial charge >= 0.3 is 0 Å². The third kappa shape index (κ3) is 4.90. The third-order valence-electron chi connectivity index (χ3n) is 3.26. The van der Waals surface area contributed by atoms with Crippen LogP contribution >= 0.6 is 0 Å². The number of ether oxygens (including phenoxy) is 1. The number of carbonyl (C=O) groups is 1. The van der Waals surface area contributed by atoms with Crippen molar-refractivity contribution in [3.8, 4) is 5.75 Å². The molecule has 1 aromatic rings. The van der Waals surface area contributed by atoms with Crippen molar-refractivity contribution in [2.75, 3.05) is 6.54 Å². The minimum Gasteiger partial charge on any atom is -0.463 e. The number of carbonyl (C=O) groups excluding carboxylic acids is 1. The predicted octanol–water partition coefficient (Wildman–Crippen LogP) is 2.59. The fourth-order valence-electron chi connectivity index (χ4n) is 1.93. The van der Waals surface area contributed by atoms with E-state index in [0.717, 1.165) is 0 Å². The van der Waals surface area contributed by atoms with Gasteiger partial charge in [-0.05, 0) is 22.6 Å². The Morgan fingerprint density at radius 2 is 1.64 bits per heavy atom. The maximum Gasteiger partial charge on any atom is 0.216 e. The molecule has 0 saturated carbocycles. The van der Waals surface area contributed by atoms with E-state index in [-0.39, 0.29) is 5.91 Å².